The van der Waals surface area contributed by atoms with E-state index in [1.54, 1.807) is 0 Å². The molecule has 0 radical (unpaired) electrons. The minimum atomic E-state index is -0.304. The van der Waals surface area contributed by atoms with Gasteiger partial charge < -0.3 is 0 Å². The lowest BCUT2D eigenvalue weighted by Crippen LogP contribution is -2.24. The molecule has 0 saturated heterocycles. The van der Waals surface area contributed by atoms with Crippen molar-refractivity contribution in [3.8, 4) is 0 Å². The number of carbonyl (C=O) groups excluding carboxylic acids is 2. The van der Waals surface area contributed by atoms with Gasteiger partial charge in [0.2, 0.25) is 0 Å². The van der Waals surface area contributed by atoms with Gasteiger partial charge in [-0.3, -0.25) is 9.59 Å². The Labute approximate surface area is 221 Å². The molecule has 0 fully saturated rings. The predicted molar refractivity (Wildman–Crippen MR) is 155 cm³/mol. The highest BCUT2D eigenvalue weighted by Crippen LogP contribution is 2.20. The third-order valence-corrected chi connectivity index (χ3v) is 7.68. The lowest BCUT2D eigenvalue weighted by Gasteiger charge is -2.14. The molecule has 0 heterocycles. The van der Waals surface area contributed by atoms with Crippen LogP contribution in [0.15, 0.2) is 0 Å². The summed E-state index contributed by atoms with van der Waals surface area (Å²) >= 11 is 0. The van der Waals surface area contributed by atoms with Crippen molar-refractivity contribution in [2.24, 2.45) is 5.92 Å². The Bertz CT molecular complexity index is 456. The molecule has 0 amide bonds. The molecule has 0 spiro atoms. The van der Waals surface area contributed by atoms with E-state index >= 15 is 0 Å². The number of Topliss-reactive ketones (excluding diaryl/α,β-unsaturated/α-hetero) is 2. The average Bonchev–Trinajstić information content (AvgIpc) is 2.86. The van der Waals surface area contributed by atoms with Gasteiger partial charge in [-0.25, -0.2) is 0 Å². The Morgan fingerprint density at radius 3 is 0.914 bits per heavy atom. The van der Waals surface area contributed by atoms with Crippen LogP contribution in [0.3, 0.4) is 0 Å². The van der Waals surface area contributed by atoms with Gasteiger partial charge in [0.25, 0.3) is 0 Å². The highest BCUT2D eigenvalue weighted by molar-refractivity contribution is 6.02. The van der Waals surface area contributed by atoms with Gasteiger partial charge in [-0.05, 0) is 19.3 Å². The highest BCUT2D eigenvalue weighted by atomic mass is 16.1. The molecule has 0 bridgehead atoms. The molecule has 2 heteroatoms. The van der Waals surface area contributed by atoms with Crippen LogP contribution in [-0.2, 0) is 9.59 Å². The molecule has 0 aromatic heterocycles. The first-order valence-corrected chi connectivity index (χ1v) is 16.2. The number of carbonyl (C=O) groups is 2. The van der Waals surface area contributed by atoms with E-state index < -0.39 is 0 Å². The summed E-state index contributed by atoms with van der Waals surface area (Å²) in [6.07, 6.45) is 32.7. The van der Waals surface area contributed by atoms with Gasteiger partial charge in [0.15, 0.2) is 0 Å². The maximum absolute atomic E-state index is 12.8. The lowest BCUT2D eigenvalue weighted by atomic mass is 9.87. The standard InChI is InChI=1S/C33H64O2/c1-4-7-10-12-14-16-17-18-19-21-23-25-27-30-33(35)31(28-9-6-3)32(34)29-26-24-22-20-15-13-11-8-5-2/h31H,4-30H2,1-3H3. The first kappa shape index (κ1) is 34.3. The fourth-order valence-corrected chi connectivity index (χ4v) is 5.19. The summed E-state index contributed by atoms with van der Waals surface area (Å²) < 4.78 is 0. The van der Waals surface area contributed by atoms with E-state index in [2.05, 4.69) is 20.8 Å². The lowest BCUT2D eigenvalue weighted by molar-refractivity contribution is -0.133. The zero-order chi connectivity index (χ0) is 25.8. The van der Waals surface area contributed by atoms with Crippen LogP contribution in [-0.4, -0.2) is 11.6 Å². The minimum Gasteiger partial charge on any atom is -0.299 e. The Balaban J connectivity index is 3.83. The molecule has 1 atom stereocenters. The van der Waals surface area contributed by atoms with Crippen molar-refractivity contribution in [1.29, 1.82) is 0 Å². The third-order valence-electron chi connectivity index (χ3n) is 7.68. The van der Waals surface area contributed by atoms with E-state index in [9.17, 15) is 9.59 Å². The summed E-state index contributed by atoms with van der Waals surface area (Å²) in [5.41, 5.74) is 0. The largest absolute Gasteiger partial charge is 0.299 e. The smallest absolute Gasteiger partial charge is 0.143 e. The van der Waals surface area contributed by atoms with Crippen LogP contribution >= 0.6 is 0 Å². The second-order valence-electron chi connectivity index (χ2n) is 11.2. The predicted octanol–water partition coefficient (Wildman–Crippen LogP) is 11.3. The van der Waals surface area contributed by atoms with Crippen LogP contribution < -0.4 is 0 Å². The normalized spacial score (nSPS) is 12.2. The molecule has 2 nitrogen and oxygen atoms in total. The van der Waals surface area contributed by atoms with Crippen LogP contribution in [0.2, 0.25) is 0 Å². The van der Waals surface area contributed by atoms with Crippen LogP contribution in [0.25, 0.3) is 0 Å². The second-order valence-corrected chi connectivity index (χ2v) is 11.2. The molecule has 0 saturated carbocycles. The number of hydrogen-bond acceptors (Lipinski definition) is 2. The van der Waals surface area contributed by atoms with Crippen molar-refractivity contribution in [2.75, 3.05) is 0 Å². The van der Waals surface area contributed by atoms with E-state index in [0.29, 0.717) is 12.8 Å². The Morgan fingerprint density at radius 2 is 0.629 bits per heavy atom. The van der Waals surface area contributed by atoms with Crippen LogP contribution in [0.1, 0.15) is 194 Å². The first-order valence-electron chi connectivity index (χ1n) is 16.2. The SMILES string of the molecule is CCCCCCCCCCCCCCCC(=O)C(CCCC)C(=O)CCCCCCCCCCC. The van der Waals surface area contributed by atoms with Crippen molar-refractivity contribution < 1.29 is 9.59 Å². The molecule has 0 aliphatic carbocycles. The van der Waals surface area contributed by atoms with Gasteiger partial charge in [0, 0.05) is 12.8 Å². The second kappa shape index (κ2) is 27.9. The van der Waals surface area contributed by atoms with Crippen molar-refractivity contribution in [1.82, 2.24) is 0 Å². The summed E-state index contributed by atoms with van der Waals surface area (Å²) in [4.78, 5) is 25.6. The van der Waals surface area contributed by atoms with E-state index in [1.807, 2.05) is 0 Å². The molecule has 35 heavy (non-hydrogen) atoms. The van der Waals surface area contributed by atoms with Crippen LogP contribution in [0, 0.1) is 5.92 Å². The molecule has 0 N–H and O–H groups in total. The monoisotopic (exact) mass is 492 g/mol. The van der Waals surface area contributed by atoms with Gasteiger partial charge in [0.1, 0.15) is 11.6 Å². The Kier molecular flexibility index (Phi) is 27.4. The summed E-state index contributed by atoms with van der Waals surface area (Å²) in [7, 11) is 0. The molecule has 208 valence electrons. The van der Waals surface area contributed by atoms with E-state index in [4.69, 9.17) is 0 Å². The minimum absolute atomic E-state index is 0.237. The molecule has 0 aromatic carbocycles. The number of hydrogen-bond donors (Lipinski definition) is 0. The quantitative estimate of drug-likeness (QED) is 0.0768. The maximum atomic E-state index is 12.8. The zero-order valence-corrected chi connectivity index (χ0v) is 24.5. The van der Waals surface area contributed by atoms with Crippen molar-refractivity contribution in [2.45, 2.75) is 194 Å². The molecule has 0 aliphatic heterocycles. The number of unbranched alkanes of at least 4 members (excludes halogenated alkanes) is 21. The molecule has 1 unspecified atom stereocenters. The molecule has 0 aliphatic rings. The maximum Gasteiger partial charge on any atom is 0.143 e. The van der Waals surface area contributed by atoms with Gasteiger partial charge in [-0.15, -0.1) is 0 Å². The van der Waals surface area contributed by atoms with Crippen LogP contribution in [0.4, 0.5) is 0 Å². The molecule has 0 aromatic rings. The summed E-state index contributed by atoms with van der Waals surface area (Å²) in [6, 6.07) is 0. The topological polar surface area (TPSA) is 34.1 Å². The molecular formula is C33H64O2. The van der Waals surface area contributed by atoms with E-state index in [-0.39, 0.29) is 17.5 Å². The van der Waals surface area contributed by atoms with Gasteiger partial charge in [-0.2, -0.15) is 0 Å². The van der Waals surface area contributed by atoms with Crippen molar-refractivity contribution >= 4 is 11.6 Å². The fourth-order valence-electron chi connectivity index (χ4n) is 5.19. The average molecular weight is 493 g/mol. The number of rotatable bonds is 29. The van der Waals surface area contributed by atoms with Crippen LogP contribution in [0.5, 0.6) is 0 Å². The summed E-state index contributed by atoms with van der Waals surface area (Å²) in [5, 5.41) is 0. The van der Waals surface area contributed by atoms with Gasteiger partial charge in [-0.1, -0.05) is 162 Å². The summed E-state index contributed by atoms with van der Waals surface area (Å²) in [5.74, 6) is 0.171. The summed E-state index contributed by atoms with van der Waals surface area (Å²) in [6.45, 7) is 6.69. The van der Waals surface area contributed by atoms with E-state index in [1.165, 1.54) is 116 Å². The zero-order valence-electron chi connectivity index (χ0n) is 24.5. The molecule has 0 rings (SSSR count). The van der Waals surface area contributed by atoms with Crippen molar-refractivity contribution in [3.63, 3.8) is 0 Å². The number of ketones is 2. The Morgan fingerprint density at radius 1 is 0.371 bits per heavy atom. The van der Waals surface area contributed by atoms with Gasteiger partial charge in [0.05, 0.1) is 5.92 Å². The Hall–Kier alpha value is -0.660. The van der Waals surface area contributed by atoms with Gasteiger partial charge >= 0.3 is 0 Å². The van der Waals surface area contributed by atoms with Crippen molar-refractivity contribution in [3.05, 3.63) is 0 Å². The first-order chi connectivity index (χ1) is 17.2. The molecular weight excluding hydrogens is 428 g/mol. The third kappa shape index (κ3) is 23.5. The van der Waals surface area contributed by atoms with E-state index in [0.717, 1.165) is 44.9 Å². The fraction of sp³-hybridized carbons (Fsp3) is 0.939. The highest BCUT2D eigenvalue weighted by Gasteiger charge is 2.24.